The van der Waals surface area contributed by atoms with Gasteiger partial charge in [0.15, 0.2) is 5.75 Å². The summed E-state index contributed by atoms with van der Waals surface area (Å²) in [5.41, 5.74) is 7.85. The lowest BCUT2D eigenvalue weighted by atomic mass is 10.0. The Morgan fingerprint density at radius 3 is 2.10 bits per heavy atom. The van der Waals surface area contributed by atoms with Gasteiger partial charge in [0.1, 0.15) is 17.2 Å². The molecule has 21 heavy (non-hydrogen) atoms. The van der Waals surface area contributed by atoms with Crippen molar-refractivity contribution in [3.05, 3.63) is 48.0 Å². The second kappa shape index (κ2) is 6.53. The monoisotopic (exact) mass is 285 g/mol. The van der Waals surface area contributed by atoms with Crippen LogP contribution in [0.4, 0.5) is 5.69 Å². The van der Waals surface area contributed by atoms with Crippen LogP contribution in [0.2, 0.25) is 0 Å². The van der Waals surface area contributed by atoms with E-state index in [0.717, 1.165) is 11.3 Å². The number of hydrogen-bond acceptors (Lipinski definition) is 3. The third kappa shape index (κ3) is 3.69. The summed E-state index contributed by atoms with van der Waals surface area (Å²) in [6.45, 7) is 8.23. The number of hydrogen-bond donors (Lipinski definition) is 1. The first-order valence-corrected chi connectivity index (χ1v) is 7.31. The van der Waals surface area contributed by atoms with E-state index in [1.54, 1.807) is 0 Å². The van der Waals surface area contributed by atoms with E-state index in [9.17, 15) is 0 Å². The summed E-state index contributed by atoms with van der Waals surface area (Å²) in [6, 6.07) is 13.6. The molecule has 0 saturated carbocycles. The zero-order chi connectivity index (χ0) is 15.4. The van der Waals surface area contributed by atoms with Crippen molar-refractivity contribution in [3.63, 3.8) is 0 Å². The largest absolute Gasteiger partial charge is 0.489 e. The molecule has 2 N–H and O–H groups in total. The Bertz CT molecular complexity index is 606. The second-order valence-corrected chi connectivity index (χ2v) is 5.63. The summed E-state index contributed by atoms with van der Waals surface area (Å²) in [6.07, 6.45) is 0.0745. The van der Waals surface area contributed by atoms with E-state index in [4.69, 9.17) is 15.2 Å². The number of nitrogen functional groups attached to an aromatic ring is 1. The van der Waals surface area contributed by atoms with Gasteiger partial charge >= 0.3 is 0 Å². The molecule has 0 radical (unpaired) electrons. The fraction of sp³-hybridized carbons (Fsp3) is 0.333. The van der Waals surface area contributed by atoms with Crippen LogP contribution in [0.3, 0.4) is 0 Å². The van der Waals surface area contributed by atoms with Gasteiger partial charge in [-0.3, -0.25) is 0 Å². The van der Waals surface area contributed by atoms with Gasteiger partial charge in [-0.1, -0.05) is 38.1 Å². The predicted octanol–water partition coefficient (Wildman–Crippen LogP) is 4.97. The molecule has 0 atom stereocenters. The van der Waals surface area contributed by atoms with Crippen LogP contribution in [0.15, 0.2) is 42.5 Å². The molecule has 0 saturated heterocycles. The molecule has 2 rings (SSSR count). The lowest BCUT2D eigenvalue weighted by Gasteiger charge is -2.17. The van der Waals surface area contributed by atoms with Gasteiger partial charge in [-0.05, 0) is 43.5 Å². The van der Waals surface area contributed by atoms with Crippen molar-refractivity contribution in [2.24, 2.45) is 0 Å². The van der Waals surface area contributed by atoms with Crippen LogP contribution in [0.1, 0.15) is 39.2 Å². The normalized spacial score (nSPS) is 11.0. The van der Waals surface area contributed by atoms with Gasteiger partial charge in [-0.2, -0.15) is 0 Å². The first-order chi connectivity index (χ1) is 9.99. The number of nitrogens with two attached hydrogens (primary N) is 1. The van der Waals surface area contributed by atoms with Crippen LogP contribution >= 0.6 is 0 Å². The molecular formula is C18H23NO2. The molecule has 0 aliphatic heterocycles. The first kappa shape index (κ1) is 15.2. The van der Waals surface area contributed by atoms with Crippen molar-refractivity contribution >= 4 is 5.69 Å². The maximum absolute atomic E-state index is 6.16. The van der Waals surface area contributed by atoms with Crippen LogP contribution in [0, 0.1) is 0 Å². The van der Waals surface area contributed by atoms with E-state index in [1.807, 2.05) is 50.2 Å². The molecule has 112 valence electrons. The molecule has 0 unspecified atom stereocenters. The van der Waals surface area contributed by atoms with E-state index >= 15 is 0 Å². The van der Waals surface area contributed by atoms with E-state index in [1.165, 1.54) is 0 Å². The average Bonchev–Trinajstić information content (AvgIpc) is 2.43. The number of para-hydroxylation sites is 2. The van der Waals surface area contributed by atoms with Gasteiger partial charge in [0.2, 0.25) is 0 Å². The number of benzene rings is 2. The van der Waals surface area contributed by atoms with E-state index < -0.39 is 0 Å². The Labute approximate surface area is 126 Å². The molecule has 3 nitrogen and oxygen atoms in total. The smallest absolute Gasteiger partial charge is 0.154 e. The summed E-state index contributed by atoms with van der Waals surface area (Å²) >= 11 is 0. The summed E-state index contributed by atoms with van der Waals surface area (Å²) in [5.74, 6) is 2.50. The molecule has 0 fully saturated rings. The molecular weight excluding hydrogens is 262 g/mol. The van der Waals surface area contributed by atoms with Crippen molar-refractivity contribution in [1.82, 2.24) is 0 Å². The van der Waals surface area contributed by atoms with Gasteiger partial charge in [-0.15, -0.1) is 0 Å². The number of ether oxygens (including phenoxy) is 2. The fourth-order valence-electron chi connectivity index (χ4n) is 2.14. The van der Waals surface area contributed by atoms with Crippen molar-refractivity contribution in [2.45, 2.75) is 39.7 Å². The fourth-order valence-corrected chi connectivity index (χ4v) is 2.14. The molecule has 2 aromatic rings. The van der Waals surface area contributed by atoms with Crippen molar-refractivity contribution in [3.8, 4) is 17.2 Å². The third-order valence-corrected chi connectivity index (χ3v) is 3.15. The number of rotatable bonds is 5. The highest BCUT2D eigenvalue weighted by atomic mass is 16.5. The number of anilines is 1. The molecule has 0 aliphatic carbocycles. The highest BCUT2D eigenvalue weighted by molar-refractivity contribution is 5.63. The van der Waals surface area contributed by atoms with Crippen LogP contribution in [0.5, 0.6) is 17.2 Å². The van der Waals surface area contributed by atoms with Crippen molar-refractivity contribution in [2.75, 3.05) is 5.73 Å². The quantitative estimate of drug-likeness (QED) is 0.789. The zero-order valence-electron chi connectivity index (χ0n) is 13.1. The highest BCUT2D eigenvalue weighted by Crippen LogP contribution is 2.37. The van der Waals surface area contributed by atoms with Gasteiger partial charge in [0.25, 0.3) is 0 Å². The molecule has 0 amide bonds. The molecule has 0 bridgehead atoms. The first-order valence-electron chi connectivity index (χ1n) is 7.31. The van der Waals surface area contributed by atoms with Gasteiger partial charge in [0.05, 0.1) is 6.10 Å². The summed E-state index contributed by atoms with van der Waals surface area (Å²) in [7, 11) is 0. The molecule has 0 heterocycles. The highest BCUT2D eigenvalue weighted by Gasteiger charge is 2.12. The molecule has 0 aliphatic rings. The molecule has 0 aromatic heterocycles. The van der Waals surface area contributed by atoms with Crippen molar-refractivity contribution in [1.29, 1.82) is 0 Å². The maximum Gasteiger partial charge on any atom is 0.154 e. The Morgan fingerprint density at radius 2 is 1.43 bits per heavy atom. The second-order valence-electron chi connectivity index (χ2n) is 5.63. The molecule has 3 heteroatoms. The Hall–Kier alpha value is -2.16. The molecule has 0 spiro atoms. The third-order valence-electron chi connectivity index (χ3n) is 3.15. The summed E-state index contributed by atoms with van der Waals surface area (Å²) in [5, 5.41) is 0. The Morgan fingerprint density at radius 1 is 0.810 bits per heavy atom. The topological polar surface area (TPSA) is 44.5 Å². The van der Waals surface area contributed by atoms with Crippen molar-refractivity contribution < 1.29 is 9.47 Å². The van der Waals surface area contributed by atoms with Crippen LogP contribution < -0.4 is 15.2 Å². The zero-order valence-corrected chi connectivity index (χ0v) is 13.1. The van der Waals surface area contributed by atoms with E-state index in [-0.39, 0.29) is 6.10 Å². The Kier molecular flexibility index (Phi) is 4.73. The van der Waals surface area contributed by atoms with Crippen LogP contribution in [-0.4, -0.2) is 6.10 Å². The lowest BCUT2D eigenvalue weighted by molar-refractivity contribution is 0.243. The van der Waals surface area contributed by atoms with Gasteiger partial charge in [-0.25, -0.2) is 0 Å². The molecule has 2 aromatic carbocycles. The minimum atomic E-state index is 0.0745. The average molecular weight is 285 g/mol. The van der Waals surface area contributed by atoms with E-state index in [0.29, 0.717) is 23.1 Å². The van der Waals surface area contributed by atoms with Crippen LogP contribution in [-0.2, 0) is 0 Å². The van der Waals surface area contributed by atoms with Gasteiger partial charge in [0, 0.05) is 0 Å². The lowest BCUT2D eigenvalue weighted by Crippen LogP contribution is -2.08. The minimum absolute atomic E-state index is 0.0745. The predicted molar refractivity (Wildman–Crippen MR) is 87.2 cm³/mol. The van der Waals surface area contributed by atoms with Crippen LogP contribution in [0.25, 0.3) is 0 Å². The van der Waals surface area contributed by atoms with Gasteiger partial charge < -0.3 is 15.2 Å². The standard InChI is InChI=1S/C18H23NO2/c1-12(2)14-8-5-6-9-15(14)21-17-11-7-10-16(18(17)19)20-13(3)4/h5-13H,19H2,1-4H3. The summed E-state index contributed by atoms with van der Waals surface area (Å²) in [4.78, 5) is 0. The minimum Gasteiger partial charge on any atom is -0.489 e. The maximum atomic E-state index is 6.16. The SMILES string of the molecule is CC(C)Oc1cccc(Oc2ccccc2C(C)C)c1N. The summed E-state index contributed by atoms with van der Waals surface area (Å²) < 4.78 is 11.7. The van der Waals surface area contributed by atoms with E-state index in [2.05, 4.69) is 19.9 Å². The Balaban J connectivity index is 2.32.